The molecule has 8 nitrogen and oxygen atoms in total. The zero-order valence-electron chi connectivity index (χ0n) is 21.0. The van der Waals surface area contributed by atoms with Crippen molar-refractivity contribution in [2.75, 3.05) is 18.9 Å². The fourth-order valence-corrected chi connectivity index (χ4v) is 4.86. The molecule has 2 amide bonds. The van der Waals surface area contributed by atoms with E-state index in [-0.39, 0.29) is 17.7 Å². The number of hydrogen-bond donors (Lipinski definition) is 1. The van der Waals surface area contributed by atoms with Gasteiger partial charge in [0.1, 0.15) is 5.69 Å². The fourth-order valence-electron chi connectivity index (χ4n) is 3.84. The van der Waals surface area contributed by atoms with E-state index in [4.69, 9.17) is 0 Å². The highest BCUT2D eigenvalue weighted by Crippen LogP contribution is 2.27. The zero-order chi connectivity index (χ0) is 25.4. The first-order valence-electron chi connectivity index (χ1n) is 11.9. The molecule has 3 aromatic rings. The summed E-state index contributed by atoms with van der Waals surface area (Å²) in [5, 5.41) is 10.1. The Balaban J connectivity index is 1.65. The smallest absolute Gasteiger partial charge is 0.275 e. The summed E-state index contributed by atoms with van der Waals surface area (Å²) in [6, 6.07) is 5.55. The molecule has 0 spiro atoms. The van der Waals surface area contributed by atoms with Crippen LogP contribution in [0.5, 0.6) is 0 Å². The number of aryl methyl sites for hydroxylation is 2. The number of allylic oxidation sites excluding steroid dienone is 1. The standard InChI is InChI=1S/C26H34N6O2S/c1-6-8-9-12-23(33)31(5)15-13-20(7-2)26-29-22(17-35-26)25(34)28-21-11-10-14-27-24(21)32-19(4)16-18(3)30-32/h6,10-11,14,16-17,20H,1,7-9,12-13,15H2,2-5H3,(H,28,34). The van der Waals surface area contributed by atoms with Crippen molar-refractivity contribution in [2.24, 2.45) is 0 Å². The first-order valence-corrected chi connectivity index (χ1v) is 12.8. The molecular formula is C26H34N6O2S. The van der Waals surface area contributed by atoms with E-state index in [2.05, 4.69) is 33.9 Å². The number of anilines is 1. The molecule has 0 saturated carbocycles. The van der Waals surface area contributed by atoms with E-state index in [1.165, 1.54) is 11.3 Å². The number of hydrogen-bond acceptors (Lipinski definition) is 6. The topological polar surface area (TPSA) is 93.0 Å². The molecule has 3 rings (SSSR count). The largest absolute Gasteiger partial charge is 0.346 e. The van der Waals surface area contributed by atoms with Crippen LogP contribution in [0.2, 0.25) is 0 Å². The molecule has 186 valence electrons. The number of amides is 2. The van der Waals surface area contributed by atoms with Gasteiger partial charge in [0.2, 0.25) is 5.91 Å². The van der Waals surface area contributed by atoms with Gasteiger partial charge >= 0.3 is 0 Å². The van der Waals surface area contributed by atoms with Crippen LogP contribution in [-0.4, -0.2) is 50.1 Å². The molecule has 0 aliphatic rings. The third kappa shape index (κ3) is 6.85. The second-order valence-electron chi connectivity index (χ2n) is 8.63. The molecule has 0 radical (unpaired) electrons. The van der Waals surface area contributed by atoms with Crippen LogP contribution in [0.4, 0.5) is 5.69 Å². The molecule has 1 atom stereocenters. The SMILES string of the molecule is C=CCCCC(=O)N(C)CCC(CC)c1nc(C(=O)Nc2cccnc2-n2nc(C)cc2C)cs1. The summed E-state index contributed by atoms with van der Waals surface area (Å²) in [7, 11) is 1.85. The van der Waals surface area contributed by atoms with Crippen LogP contribution in [-0.2, 0) is 4.79 Å². The fraction of sp³-hybridized carbons (Fsp3) is 0.423. The van der Waals surface area contributed by atoms with Crippen molar-refractivity contribution < 1.29 is 9.59 Å². The minimum absolute atomic E-state index is 0.149. The number of carbonyl (C=O) groups is 2. The summed E-state index contributed by atoms with van der Waals surface area (Å²) in [6.45, 7) is 10.3. The summed E-state index contributed by atoms with van der Waals surface area (Å²) in [5.74, 6) is 0.617. The molecule has 0 saturated heterocycles. The maximum Gasteiger partial charge on any atom is 0.275 e. The molecule has 0 aliphatic heterocycles. The lowest BCUT2D eigenvalue weighted by Crippen LogP contribution is -2.28. The third-order valence-electron chi connectivity index (χ3n) is 5.88. The first kappa shape index (κ1) is 26.3. The minimum atomic E-state index is -0.285. The van der Waals surface area contributed by atoms with Gasteiger partial charge in [0.15, 0.2) is 5.82 Å². The van der Waals surface area contributed by atoms with Gasteiger partial charge in [-0.1, -0.05) is 13.0 Å². The molecule has 3 heterocycles. The molecule has 3 aromatic heterocycles. The Labute approximate surface area is 211 Å². The van der Waals surface area contributed by atoms with E-state index in [1.807, 2.05) is 33.0 Å². The highest BCUT2D eigenvalue weighted by atomic mass is 32.1. The lowest BCUT2D eigenvalue weighted by molar-refractivity contribution is -0.130. The Hall–Kier alpha value is -3.33. The van der Waals surface area contributed by atoms with Gasteiger partial charge < -0.3 is 10.2 Å². The van der Waals surface area contributed by atoms with E-state index in [0.29, 0.717) is 30.2 Å². The van der Waals surface area contributed by atoms with Crippen LogP contribution in [0.1, 0.15) is 71.8 Å². The summed E-state index contributed by atoms with van der Waals surface area (Å²) < 4.78 is 1.72. The van der Waals surface area contributed by atoms with Gasteiger partial charge in [-0.15, -0.1) is 17.9 Å². The number of pyridine rings is 1. The molecule has 1 N–H and O–H groups in total. The van der Waals surface area contributed by atoms with Crippen molar-refractivity contribution in [3.8, 4) is 5.82 Å². The van der Waals surface area contributed by atoms with E-state index in [1.54, 1.807) is 33.3 Å². The summed E-state index contributed by atoms with van der Waals surface area (Å²) >= 11 is 1.48. The second-order valence-corrected chi connectivity index (χ2v) is 9.52. The third-order valence-corrected chi connectivity index (χ3v) is 6.89. The Morgan fingerprint density at radius 1 is 1.34 bits per heavy atom. The van der Waals surface area contributed by atoms with Crippen LogP contribution in [0.3, 0.4) is 0 Å². The molecule has 35 heavy (non-hydrogen) atoms. The number of thiazole rings is 1. The van der Waals surface area contributed by atoms with Gasteiger partial charge in [-0.2, -0.15) is 5.10 Å². The van der Waals surface area contributed by atoms with Gasteiger partial charge in [0, 0.05) is 43.2 Å². The van der Waals surface area contributed by atoms with Crippen LogP contribution in [0, 0.1) is 13.8 Å². The number of rotatable bonds is 12. The molecule has 0 aromatic carbocycles. The van der Waals surface area contributed by atoms with Crippen molar-refractivity contribution in [3.05, 3.63) is 64.5 Å². The summed E-state index contributed by atoms with van der Waals surface area (Å²) in [4.78, 5) is 36.1. The molecule has 1 unspecified atom stereocenters. The Bertz CT molecular complexity index is 1170. The number of carbonyl (C=O) groups excluding carboxylic acids is 2. The first-order chi connectivity index (χ1) is 16.8. The van der Waals surface area contributed by atoms with Crippen LogP contribution in [0.15, 0.2) is 42.4 Å². The lowest BCUT2D eigenvalue weighted by atomic mass is 10.0. The Morgan fingerprint density at radius 2 is 2.14 bits per heavy atom. The zero-order valence-corrected chi connectivity index (χ0v) is 21.8. The predicted molar refractivity (Wildman–Crippen MR) is 140 cm³/mol. The summed E-state index contributed by atoms with van der Waals surface area (Å²) in [6.07, 6.45) is 7.42. The second kappa shape index (κ2) is 12.4. The molecule has 0 aliphatic carbocycles. The van der Waals surface area contributed by atoms with Crippen molar-refractivity contribution in [1.29, 1.82) is 0 Å². The summed E-state index contributed by atoms with van der Waals surface area (Å²) in [5.41, 5.74) is 2.76. The maximum atomic E-state index is 13.0. The van der Waals surface area contributed by atoms with Crippen LogP contribution in [0.25, 0.3) is 5.82 Å². The number of unbranched alkanes of at least 4 members (excludes halogenated alkanes) is 1. The van der Waals surface area contributed by atoms with E-state index in [9.17, 15) is 9.59 Å². The number of aromatic nitrogens is 4. The van der Waals surface area contributed by atoms with Gasteiger partial charge in [0.25, 0.3) is 5.91 Å². The number of nitrogens with zero attached hydrogens (tertiary/aromatic N) is 5. The molecule has 9 heteroatoms. The van der Waals surface area contributed by atoms with Gasteiger partial charge in [-0.25, -0.2) is 14.6 Å². The average Bonchev–Trinajstić information content (AvgIpc) is 3.46. The van der Waals surface area contributed by atoms with E-state index in [0.717, 1.165) is 42.1 Å². The minimum Gasteiger partial charge on any atom is -0.346 e. The number of nitrogens with one attached hydrogen (secondary N) is 1. The lowest BCUT2D eigenvalue weighted by Gasteiger charge is -2.20. The van der Waals surface area contributed by atoms with Gasteiger partial charge in [-0.05, 0) is 57.7 Å². The van der Waals surface area contributed by atoms with Gasteiger partial charge in [-0.3, -0.25) is 9.59 Å². The maximum absolute atomic E-state index is 13.0. The molecule has 0 fully saturated rings. The van der Waals surface area contributed by atoms with Crippen molar-refractivity contribution in [3.63, 3.8) is 0 Å². The Kier molecular flexibility index (Phi) is 9.31. The van der Waals surface area contributed by atoms with Crippen LogP contribution < -0.4 is 5.32 Å². The van der Waals surface area contributed by atoms with E-state index >= 15 is 0 Å². The quantitative estimate of drug-likeness (QED) is 0.273. The van der Waals surface area contributed by atoms with Crippen LogP contribution >= 0.6 is 11.3 Å². The monoisotopic (exact) mass is 494 g/mol. The van der Waals surface area contributed by atoms with Crippen molar-refractivity contribution >= 4 is 28.8 Å². The van der Waals surface area contributed by atoms with Crippen molar-refractivity contribution in [2.45, 2.75) is 58.8 Å². The molecule has 0 bridgehead atoms. The highest BCUT2D eigenvalue weighted by Gasteiger charge is 2.20. The Morgan fingerprint density at radius 3 is 2.83 bits per heavy atom. The highest BCUT2D eigenvalue weighted by molar-refractivity contribution is 7.10. The van der Waals surface area contributed by atoms with Crippen molar-refractivity contribution in [1.82, 2.24) is 24.6 Å². The average molecular weight is 495 g/mol. The molecular weight excluding hydrogens is 460 g/mol. The predicted octanol–water partition coefficient (Wildman–Crippen LogP) is 5.29. The normalized spacial score (nSPS) is 11.8. The van der Waals surface area contributed by atoms with E-state index < -0.39 is 0 Å². The van der Waals surface area contributed by atoms with Gasteiger partial charge in [0.05, 0.1) is 16.4 Å².